The Morgan fingerprint density at radius 1 is 1.43 bits per heavy atom. The van der Waals surface area contributed by atoms with E-state index in [-0.39, 0.29) is 11.8 Å². The molecule has 2 rings (SSSR count). The zero-order chi connectivity index (χ0) is 15.4. The van der Waals surface area contributed by atoms with Gasteiger partial charge in [0.05, 0.1) is 11.0 Å². The maximum atomic E-state index is 10.9. The summed E-state index contributed by atoms with van der Waals surface area (Å²) in [6.45, 7) is 5.74. The SMILES string of the molecule is Cc1nnc(SCc2cc([N+](=O)[O-])ccc2OC(C)C)s1. The molecule has 0 saturated carbocycles. The van der Waals surface area contributed by atoms with Crippen molar-refractivity contribution >= 4 is 28.8 Å². The van der Waals surface area contributed by atoms with Gasteiger partial charge >= 0.3 is 0 Å². The molecule has 21 heavy (non-hydrogen) atoms. The highest BCUT2D eigenvalue weighted by molar-refractivity contribution is 8.00. The minimum absolute atomic E-state index is 0.0129. The number of nitrogens with zero attached hydrogens (tertiary/aromatic N) is 3. The van der Waals surface area contributed by atoms with Crippen molar-refractivity contribution in [3.05, 3.63) is 38.9 Å². The Morgan fingerprint density at radius 3 is 2.76 bits per heavy atom. The largest absolute Gasteiger partial charge is 0.491 e. The number of hydrogen-bond acceptors (Lipinski definition) is 7. The van der Waals surface area contributed by atoms with Crippen LogP contribution in [0.1, 0.15) is 24.4 Å². The molecule has 6 nitrogen and oxygen atoms in total. The van der Waals surface area contributed by atoms with Gasteiger partial charge in [0.1, 0.15) is 10.8 Å². The van der Waals surface area contributed by atoms with Gasteiger partial charge in [-0.2, -0.15) is 0 Å². The van der Waals surface area contributed by atoms with E-state index in [0.29, 0.717) is 11.5 Å². The molecule has 0 aliphatic carbocycles. The molecule has 8 heteroatoms. The van der Waals surface area contributed by atoms with Gasteiger partial charge < -0.3 is 4.74 Å². The number of aryl methyl sites for hydroxylation is 1. The van der Waals surface area contributed by atoms with Gasteiger partial charge in [-0.3, -0.25) is 10.1 Å². The third kappa shape index (κ3) is 4.40. The van der Waals surface area contributed by atoms with Crippen molar-refractivity contribution in [1.82, 2.24) is 10.2 Å². The third-order valence-electron chi connectivity index (χ3n) is 2.48. The van der Waals surface area contributed by atoms with Crippen molar-refractivity contribution < 1.29 is 9.66 Å². The average Bonchev–Trinajstić information content (AvgIpc) is 2.82. The molecule has 1 aromatic carbocycles. The van der Waals surface area contributed by atoms with E-state index in [0.717, 1.165) is 14.9 Å². The molecule has 0 saturated heterocycles. The molecular weight excluding hydrogens is 310 g/mol. The van der Waals surface area contributed by atoms with Crippen LogP contribution >= 0.6 is 23.1 Å². The Kier molecular flexibility index (Phi) is 5.13. The van der Waals surface area contributed by atoms with Crippen LogP contribution in [0.5, 0.6) is 5.75 Å². The number of nitro benzene ring substituents is 1. The van der Waals surface area contributed by atoms with Crippen LogP contribution in [-0.2, 0) is 5.75 Å². The normalized spacial score (nSPS) is 10.9. The van der Waals surface area contributed by atoms with E-state index in [1.165, 1.54) is 29.2 Å². The maximum Gasteiger partial charge on any atom is 0.270 e. The van der Waals surface area contributed by atoms with Gasteiger partial charge in [0.15, 0.2) is 4.34 Å². The number of thioether (sulfide) groups is 1. The van der Waals surface area contributed by atoms with Crippen LogP contribution in [0, 0.1) is 17.0 Å². The van der Waals surface area contributed by atoms with E-state index in [1.807, 2.05) is 20.8 Å². The first kappa shape index (κ1) is 15.7. The van der Waals surface area contributed by atoms with Gasteiger partial charge in [0, 0.05) is 23.4 Å². The summed E-state index contributed by atoms with van der Waals surface area (Å²) in [6, 6.07) is 4.67. The lowest BCUT2D eigenvalue weighted by atomic mass is 10.2. The average molecular weight is 325 g/mol. The maximum absolute atomic E-state index is 10.9. The van der Waals surface area contributed by atoms with Gasteiger partial charge in [0.25, 0.3) is 5.69 Å². The molecule has 0 bridgehead atoms. The molecule has 1 heterocycles. The number of non-ortho nitro benzene ring substituents is 1. The highest BCUT2D eigenvalue weighted by Gasteiger charge is 2.14. The van der Waals surface area contributed by atoms with Crippen molar-refractivity contribution in [2.24, 2.45) is 0 Å². The predicted octanol–water partition coefficient (Wildman–Crippen LogP) is 3.83. The van der Waals surface area contributed by atoms with Crippen LogP contribution in [0.3, 0.4) is 0 Å². The second kappa shape index (κ2) is 6.86. The summed E-state index contributed by atoms with van der Waals surface area (Å²) in [4.78, 5) is 10.5. The van der Waals surface area contributed by atoms with Crippen molar-refractivity contribution in [1.29, 1.82) is 0 Å². The summed E-state index contributed by atoms with van der Waals surface area (Å²) in [7, 11) is 0. The highest BCUT2D eigenvalue weighted by atomic mass is 32.2. The Bertz CT molecular complexity index is 643. The first-order chi connectivity index (χ1) is 9.95. The summed E-state index contributed by atoms with van der Waals surface area (Å²) >= 11 is 3.00. The number of ether oxygens (including phenoxy) is 1. The van der Waals surface area contributed by atoms with E-state index < -0.39 is 4.92 Å². The van der Waals surface area contributed by atoms with Crippen molar-refractivity contribution in [3.8, 4) is 5.75 Å². The topological polar surface area (TPSA) is 78.2 Å². The minimum atomic E-state index is -0.400. The number of rotatable bonds is 6. The summed E-state index contributed by atoms with van der Waals surface area (Å²) in [5.41, 5.74) is 0.853. The lowest BCUT2D eigenvalue weighted by molar-refractivity contribution is -0.384. The van der Waals surface area contributed by atoms with E-state index >= 15 is 0 Å². The number of benzene rings is 1. The van der Waals surface area contributed by atoms with E-state index in [2.05, 4.69) is 10.2 Å². The van der Waals surface area contributed by atoms with Crippen LogP contribution in [-0.4, -0.2) is 21.2 Å². The Hall–Kier alpha value is -1.67. The molecule has 0 fully saturated rings. The minimum Gasteiger partial charge on any atom is -0.491 e. The van der Waals surface area contributed by atoms with Gasteiger partial charge in [-0.05, 0) is 26.8 Å². The molecule has 0 atom stereocenters. The predicted molar refractivity (Wildman–Crippen MR) is 83.1 cm³/mol. The Morgan fingerprint density at radius 2 is 2.19 bits per heavy atom. The molecular formula is C13H15N3O3S2. The van der Waals surface area contributed by atoms with Gasteiger partial charge in [-0.15, -0.1) is 10.2 Å². The van der Waals surface area contributed by atoms with E-state index in [1.54, 1.807) is 12.1 Å². The van der Waals surface area contributed by atoms with Gasteiger partial charge in [-0.25, -0.2) is 0 Å². The van der Waals surface area contributed by atoms with E-state index in [9.17, 15) is 10.1 Å². The second-order valence-electron chi connectivity index (χ2n) is 4.59. The molecule has 0 aliphatic heterocycles. The summed E-state index contributed by atoms with van der Waals surface area (Å²) in [5, 5.41) is 19.8. The number of aromatic nitrogens is 2. The quantitative estimate of drug-likeness (QED) is 0.456. The zero-order valence-corrected chi connectivity index (χ0v) is 13.5. The van der Waals surface area contributed by atoms with Gasteiger partial charge in [-0.1, -0.05) is 23.1 Å². The Labute approximate surface area is 130 Å². The van der Waals surface area contributed by atoms with Crippen molar-refractivity contribution in [2.75, 3.05) is 0 Å². The molecule has 2 aromatic rings. The van der Waals surface area contributed by atoms with Crippen LogP contribution in [0.15, 0.2) is 22.5 Å². The third-order valence-corrected chi connectivity index (χ3v) is 4.50. The highest BCUT2D eigenvalue weighted by Crippen LogP contribution is 2.32. The van der Waals surface area contributed by atoms with Crippen LogP contribution in [0.2, 0.25) is 0 Å². The smallest absolute Gasteiger partial charge is 0.270 e. The Balaban J connectivity index is 2.20. The molecule has 0 aliphatic rings. The fraction of sp³-hybridized carbons (Fsp3) is 0.385. The first-order valence-electron chi connectivity index (χ1n) is 6.32. The number of nitro groups is 1. The fourth-order valence-electron chi connectivity index (χ4n) is 1.64. The molecule has 0 unspecified atom stereocenters. The standard InChI is InChI=1S/C13H15N3O3S2/c1-8(2)19-12-5-4-11(16(17)18)6-10(12)7-20-13-15-14-9(3)21-13/h4-6,8H,7H2,1-3H3. The molecule has 0 amide bonds. The number of hydrogen-bond donors (Lipinski definition) is 0. The summed E-state index contributed by atoms with van der Waals surface area (Å²) in [6.07, 6.45) is 0.0129. The fourth-order valence-corrected chi connectivity index (χ4v) is 3.43. The second-order valence-corrected chi connectivity index (χ2v) is 7.00. The summed E-state index contributed by atoms with van der Waals surface area (Å²) in [5.74, 6) is 1.22. The summed E-state index contributed by atoms with van der Waals surface area (Å²) < 4.78 is 6.55. The van der Waals surface area contributed by atoms with Crippen LogP contribution in [0.4, 0.5) is 5.69 Å². The van der Waals surface area contributed by atoms with Crippen LogP contribution in [0.25, 0.3) is 0 Å². The lowest BCUT2D eigenvalue weighted by Gasteiger charge is -2.13. The molecule has 0 radical (unpaired) electrons. The zero-order valence-electron chi connectivity index (χ0n) is 11.9. The molecule has 1 aromatic heterocycles. The molecule has 0 spiro atoms. The van der Waals surface area contributed by atoms with Crippen molar-refractivity contribution in [2.45, 2.75) is 37.0 Å². The van der Waals surface area contributed by atoms with Crippen LogP contribution < -0.4 is 4.74 Å². The van der Waals surface area contributed by atoms with Gasteiger partial charge in [0.2, 0.25) is 0 Å². The van der Waals surface area contributed by atoms with E-state index in [4.69, 9.17) is 4.74 Å². The van der Waals surface area contributed by atoms with Crippen molar-refractivity contribution in [3.63, 3.8) is 0 Å². The lowest BCUT2D eigenvalue weighted by Crippen LogP contribution is -2.07. The molecule has 0 N–H and O–H groups in total. The monoisotopic (exact) mass is 325 g/mol. The first-order valence-corrected chi connectivity index (χ1v) is 8.13. The molecule has 112 valence electrons.